The van der Waals surface area contributed by atoms with Gasteiger partial charge in [-0.25, -0.2) is 0 Å². The van der Waals surface area contributed by atoms with Gasteiger partial charge < -0.3 is 10.2 Å². The van der Waals surface area contributed by atoms with Crippen LogP contribution in [0.1, 0.15) is 52.4 Å². The minimum atomic E-state index is -0.509. The van der Waals surface area contributed by atoms with Gasteiger partial charge in [0.15, 0.2) is 0 Å². The largest absolute Gasteiger partial charge is 0.393 e. The van der Waals surface area contributed by atoms with Crippen molar-refractivity contribution in [3.05, 3.63) is 0 Å². The van der Waals surface area contributed by atoms with Gasteiger partial charge in [0, 0.05) is 0 Å². The van der Waals surface area contributed by atoms with Crippen molar-refractivity contribution in [3.63, 3.8) is 0 Å². The first kappa shape index (κ1) is 10.4. The molecule has 2 N–H and O–H groups in total. The third-order valence-corrected chi connectivity index (χ3v) is 4.71. The molecule has 4 unspecified atom stereocenters. The zero-order valence-electron chi connectivity index (χ0n) is 9.29. The van der Waals surface area contributed by atoms with Crippen LogP contribution < -0.4 is 0 Å². The molecular weight excluding hydrogens is 176 g/mol. The Hall–Kier alpha value is -0.0800. The summed E-state index contributed by atoms with van der Waals surface area (Å²) in [4.78, 5) is 0. The van der Waals surface area contributed by atoms with Crippen LogP contribution in [0.5, 0.6) is 0 Å². The second-order valence-corrected chi connectivity index (χ2v) is 5.69. The number of rotatable bonds is 0. The Kier molecular flexibility index (Phi) is 2.39. The average Bonchev–Trinajstić information content (AvgIpc) is 2.08. The number of aliphatic hydroxyl groups is 2. The lowest BCUT2D eigenvalue weighted by molar-refractivity contribution is -0.187. The normalized spacial score (nSPS) is 54.0. The average molecular weight is 198 g/mol. The predicted octanol–water partition coefficient (Wildman–Crippen LogP) is 2.09. The molecule has 0 aromatic heterocycles. The highest BCUT2D eigenvalue weighted by Gasteiger charge is 2.55. The highest BCUT2D eigenvalue weighted by Crippen LogP contribution is 2.55. The van der Waals surface area contributed by atoms with Crippen LogP contribution in [0.15, 0.2) is 0 Å². The van der Waals surface area contributed by atoms with Gasteiger partial charge in [0.25, 0.3) is 0 Å². The number of aliphatic hydroxyl groups excluding tert-OH is 1. The smallest absolute Gasteiger partial charge is 0.0728 e. The molecule has 82 valence electrons. The molecule has 0 aromatic carbocycles. The Bertz CT molecular complexity index is 228. The maximum absolute atomic E-state index is 10.7. The molecule has 2 fully saturated rings. The molecule has 0 amide bonds. The summed E-state index contributed by atoms with van der Waals surface area (Å²) in [5, 5.41) is 20.5. The Labute approximate surface area is 86.3 Å². The van der Waals surface area contributed by atoms with E-state index in [1.165, 1.54) is 6.42 Å². The Morgan fingerprint density at radius 1 is 1.21 bits per heavy atom. The molecule has 2 saturated carbocycles. The van der Waals surface area contributed by atoms with Gasteiger partial charge in [0.1, 0.15) is 0 Å². The van der Waals surface area contributed by atoms with Crippen LogP contribution in [0.3, 0.4) is 0 Å². The van der Waals surface area contributed by atoms with E-state index < -0.39 is 5.60 Å². The van der Waals surface area contributed by atoms with Gasteiger partial charge >= 0.3 is 0 Å². The first-order chi connectivity index (χ1) is 6.48. The molecule has 14 heavy (non-hydrogen) atoms. The summed E-state index contributed by atoms with van der Waals surface area (Å²) in [5.74, 6) is 0.247. The van der Waals surface area contributed by atoms with Crippen LogP contribution in [-0.4, -0.2) is 21.9 Å². The number of fused-ring (bicyclic) bond motifs is 1. The topological polar surface area (TPSA) is 40.5 Å². The molecule has 0 spiro atoms. The molecule has 0 radical (unpaired) electrons. The summed E-state index contributed by atoms with van der Waals surface area (Å²) in [6, 6.07) is 0. The lowest BCUT2D eigenvalue weighted by atomic mass is 9.53. The van der Waals surface area contributed by atoms with Crippen LogP contribution in [0.2, 0.25) is 0 Å². The van der Waals surface area contributed by atoms with Crippen molar-refractivity contribution in [3.8, 4) is 0 Å². The third-order valence-electron chi connectivity index (χ3n) is 4.71. The van der Waals surface area contributed by atoms with Gasteiger partial charge in [-0.15, -0.1) is 0 Å². The van der Waals surface area contributed by atoms with Crippen LogP contribution >= 0.6 is 0 Å². The molecule has 2 aliphatic rings. The van der Waals surface area contributed by atoms with Gasteiger partial charge in [-0.3, -0.25) is 0 Å². The second kappa shape index (κ2) is 3.21. The minimum Gasteiger partial charge on any atom is -0.393 e. The fraction of sp³-hybridized carbons (Fsp3) is 1.00. The van der Waals surface area contributed by atoms with Crippen molar-refractivity contribution < 1.29 is 10.2 Å². The van der Waals surface area contributed by atoms with Crippen molar-refractivity contribution in [1.82, 2.24) is 0 Å². The fourth-order valence-electron chi connectivity index (χ4n) is 3.75. The van der Waals surface area contributed by atoms with Crippen molar-refractivity contribution >= 4 is 0 Å². The monoisotopic (exact) mass is 198 g/mol. The highest BCUT2D eigenvalue weighted by molar-refractivity contribution is 5.06. The van der Waals surface area contributed by atoms with Crippen LogP contribution in [-0.2, 0) is 0 Å². The van der Waals surface area contributed by atoms with Crippen LogP contribution in [0.25, 0.3) is 0 Å². The maximum Gasteiger partial charge on any atom is 0.0728 e. The predicted molar refractivity (Wildman–Crippen MR) is 55.9 cm³/mol. The van der Waals surface area contributed by atoms with E-state index in [0.717, 1.165) is 32.1 Å². The standard InChI is InChI=1S/C12H22O2/c1-9-7-10(13)8-11(2)5-3-4-6-12(9,11)14/h9-10,13-14H,3-8H2,1-2H3. The summed E-state index contributed by atoms with van der Waals surface area (Å²) in [6.07, 6.45) is 5.71. The Morgan fingerprint density at radius 3 is 2.57 bits per heavy atom. The van der Waals surface area contributed by atoms with Crippen LogP contribution in [0, 0.1) is 11.3 Å². The van der Waals surface area contributed by atoms with E-state index in [9.17, 15) is 10.2 Å². The first-order valence-electron chi connectivity index (χ1n) is 5.88. The number of hydrogen-bond acceptors (Lipinski definition) is 2. The molecular formula is C12H22O2. The zero-order chi connectivity index (χ0) is 10.4. The van der Waals surface area contributed by atoms with Crippen molar-refractivity contribution in [2.75, 3.05) is 0 Å². The van der Waals surface area contributed by atoms with Crippen molar-refractivity contribution in [2.24, 2.45) is 11.3 Å². The quantitative estimate of drug-likeness (QED) is 0.625. The van der Waals surface area contributed by atoms with E-state index in [4.69, 9.17) is 0 Å². The fourth-order valence-corrected chi connectivity index (χ4v) is 3.75. The van der Waals surface area contributed by atoms with E-state index in [1.54, 1.807) is 0 Å². The van der Waals surface area contributed by atoms with Crippen molar-refractivity contribution in [1.29, 1.82) is 0 Å². The van der Waals surface area contributed by atoms with E-state index in [-0.39, 0.29) is 17.4 Å². The van der Waals surface area contributed by atoms with E-state index in [0.29, 0.717) is 0 Å². The molecule has 0 saturated heterocycles. The number of hydrogen-bond donors (Lipinski definition) is 2. The lowest BCUT2D eigenvalue weighted by Crippen LogP contribution is -2.58. The van der Waals surface area contributed by atoms with E-state index in [2.05, 4.69) is 13.8 Å². The highest BCUT2D eigenvalue weighted by atomic mass is 16.3. The molecule has 2 aliphatic carbocycles. The summed E-state index contributed by atoms with van der Waals surface area (Å²) in [6.45, 7) is 4.25. The maximum atomic E-state index is 10.7. The van der Waals surface area contributed by atoms with Gasteiger partial charge in [-0.05, 0) is 37.0 Å². The molecule has 0 aromatic rings. The summed E-state index contributed by atoms with van der Waals surface area (Å²) < 4.78 is 0. The Balaban J connectivity index is 2.28. The lowest BCUT2D eigenvalue weighted by Gasteiger charge is -2.56. The third kappa shape index (κ3) is 1.31. The molecule has 2 nitrogen and oxygen atoms in total. The van der Waals surface area contributed by atoms with Crippen molar-refractivity contribution in [2.45, 2.75) is 64.1 Å². The summed E-state index contributed by atoms with van der Waals surface area (Å²) >= 11 is 0. The molecule has 2 rings (SSSR count). The molecule has 4 atom stereocenters. The van der Waals surface area contributed by atoms with Gasteiger partial charge in [-0.1, -0.05) is 26.7 Å². The van der Waals surface area contributed by atoms with Gasteiger partial charge in [0.05, 0.1) is 11.7 Å². The molecule has 0 heterocycles. The summed E-state index contributed by atoms with van der Waals surface area (Å²) in [7, 11) is 0. The van der Waals surface area contributed by atoms with Gasteiger partial charge in [0.2, 0.25) is 0 Å². The Morgan fingerprint density at radius 2 is 1.86 bits per heavy atom. The molecule has 0 aliphatic heterocycles. The minimum absolute atomic E-state index is 0.0394. The van der Waals surface area contributed by atoms with E-state index >= 15 is 0 Å². The van der Waals surface area contributed by atoms with E-state index in [1.807, 2.05) is 0 Å². The molecule has 0 bridgehead atoms. The first-order valence-corrected chi connectivity index (χ1v) is 5.88. The van der Waals surface area contributed by atoms with Gasteiger partial charge in [-0.2, -0.15) is 0 Å². The SMILES string of the molecule is CC1CC(O)CC2(C)CCCCC12O. The zero-order valence-corrected chi connectivity index (χ0v) is 9.29. The summed E-state index contributed by atoms with van der Waals surface area (Å²) in [5.41, 5.74) is -0.549. The molecule has 2 heteroatoms. The van der Waals surface area contributed by atoms with Crippen LogP contribution in [0.4, 0.5) is 0 Å². The second-order valence-electron chi connectivity index (χ2n) is 5.69.